The number of carbonyl (C=O) groups is 2. The van der Waals surface area contributed by atoms with Crippen LogP contribution in [0.25, 0.3) is 0 Å². The summed E-state index contributed by atoms with van der Waals surface area (Å²) in [6.45, 7) is 0.625. The highest BCUT2D eigenvalue weighted by molar-refractivity contribution is 6.07. The molecule has 0 bridgehead atoms. The first-order chi connectivity index (χ1) is 11.5. The van der Waals surface area contributed by atoms with Crippen LogP contribution in [0.3, 0.4) is 0 Å². The van der Waals surface area contributed by atoms with Crippen LogP contribution in [0.15, 0.2) is 48.5 Å². The quantitative estimate of drug-likeness (QED) is 0.857. The second-order valence-electron chi connectivity index (χ2n) is 5.58. The Morgan fingerprint density at radius 2 is 2.00 bits per heavy atom. The van der Waals surface area contributed by atoms with Crippen molar-refractivity contribution >= 4 is 17.6 Å². The Morgan fingerprint density at radius 3 is 2.62 bits per heavy atom. The molecule has 1 atom stereocenters. The monoisotopic (exact) mass is 329 g/mol. The van der Waals surface area contributed by atoms with Gasteiger partial charge in [0.2, 0.25) is 5.91 Å². The van der Waals surface area contributed by atoms with Crippen molar-refractivity contribution in [2.24, 2.45) is 5.92 Å². The van der Waals surface area contributed by atoms with Crippen LogP contribution in [0.5, 0.6) is 5.75 Å². The second kappa shape index (κ2) is 6.70. The molecule has 3 rings (SSSR count). The molecule has 1 aliphatic rings. The smallest absolute Gasteiger partial charge is 0.316 e. The summed E-state index contributed by atoms with van der Waals surface area (Å²) in [5.41, 5.74) is 1.36. The molecule has 1 heterocycles. The van der Waals surface area contributed by atoms with Gasteiger partial charge in [-0.2, -0.15) is 0 Å². The standard InChI is InChI=1S/C18H16FNO4/c19-13-3-1-2-12(10-13)11-24-15-6-4-14(5-7-15)20-9-8-16(17(20)21)18(22)23/h1-7,10,16H,8-9,11H2,(H,22,23). The van der Waals surface area contributed by atoms with Crippen LogP contribution in [0.4, 0.5) is 10.1 Å². The number of halogens is 1. The molecule has 1 amide bonds. The van der Waals surface area contributed by atoms with Gasteiger partial charge in [-0.1, -0.05) is 12.1 Å². The zero-order valence-corrected chi connectivity index (χ0v) is 12.8. The number of amides is 1. The Morgan fingerprint density at radius 1 is 1.25 bits per heavy atom. The van der Waals surface area contributed by atoms with E-state index in [2.05, 4.69) is 0 Å². The van der Waals surface area contributed by atoms with E-state index in [1.807, 2.05) is 0 Å². The largest absolute Gasteiger partial charge is 0.489 e. The maximum Gasteiger partial charge on any atom is 0.316 e. The van der Waals surface area contributed by atoms with Gasteiger partial charge in [0.25, 0.3) is 0 Å². The lowest BCUT2D eigenvalue weighted by Crippen LogP contribution is -2.29. The predicted octanol–water partition coefficient (Wildman–Crippen LogP) is 2.84. The number of rotatable bonds is 5. The van der Waals surface area contributed by atoms with Gasteiger partial charge >= 0.3 is 5.97 Å². The van der Waals surface area contributed by atoms with Gasteiger partial charge in [-0.15, -0.1) is 0 Å². The average Bonchev–Trinajstić information content (AvgIpc) is 2.95. The van der Waals surface area contributed by atoms with Crippen LogP contribution >= 0.6 is 0 Å². The number of carboxylic acids is 1. The zero-order valence-electron chi connectivity index (χ0n) is 12.8. The van der Waals surface area contributed by atoms with Crippen LogP contribution in [-0.2, 0) is 16.2 Å². The highest BCUT2D eigenvalue weighted by atomic mass is 19.1. The molecule has 1 aliphatic heterocycles. The maximum atomic E-state index is 13.1. The van der Waals surface area contributed by atoms with Gasteiger partial charge in [-0.3, -0.25) is 9.59 Å². The van der Waals surface area contributed by atoms with Gasteiger partial charge in [0.15, 0.2) is 0 Å². The molecule has 1 N–H and O–H groups in total. The summed E-state index contributed by atoms with van der Waals surface area (Å²) < 4.78 is 18.7. The first-order valence-electron chi connectivity index (χ1n) is 7.56. The first-order valence-corrected chi connectivity index (χ1v) is 7.56. The minimum Gasteiger partial charge on any atom is -0.489 e. The van der Waals surface area contributed by atoms with Crippen LogP contribution in [-0.4, -0.2) is 23.5 Å². The van der Waals surface area contributed by atoms with Gasteiger partial charge in [-0.05, 0) is 48.4 Å². The molecule has 2 aromatic carbocycles. The zero-order chi connectivity index (χ0) is 17.1. The summed E-state index contributed by atoms with van der Waals surface area (Å²) in [6, 6.07) is 13.0. The van der Waals surface area contributed by atoms with E-state index in [0.29, 0.717) is 24.4 Å². The number of anilines is 1. The first kappa shape index (κ1) is 16.0. The summed E-state index contributed by atoms with van der Waals surface area (Å²) in [5, 5.41) is 9.00. The Bertz CT molecular complexity index is 760. The lowest BCUT2D eigenvalue weighted by molar-refractivity contribution is -0.144. The number of benzene rings is 2. The van der Waals surface area contributed by atoms with Crippen molar-refractivity contribution < 1.29 is 23.8 Å². The molecule has 0 spiro atoms. The molecule has 0 aliphatic carbocycles. The fourth-order valence-electron chi connectivity index (χ4n) is 2.68. The van der Waals surface area contributed by atoms with Crippen molar-refractivity contribution in [3.63, 3.8) is 0 Å². The average molecular weight is 329 g/mol. The molecule has 1 saturated heterocycles. The summed E-state index contributed by atoms with van der Waals surface area (Å²) >= 11 is 0. The van der Waals surface area contributed by atoms with Crippen molar-refractivity contribution in [2.45, 2.75) is 13.0 Å². The van der Waals surface area contributed by atoms with Crippen LogP contribution in [0, 0.1) is 11.7 Å². The Balaban J connectivity index is 1.63. The van der Waals surface area contributed by atoms with E-state index in [0.717, 1.165) is 5.56 Å². The van der Waals surface area contributed by atoms with Crippen molar-refractivity contribution in [1.82, 2.24) is 0 Å². The van der Waals surface area contributed by atoms with E-state index < -0.39 is 17.8 Å². The topological polar surface area (TPSA) is 66.8 Å². The summed E-state index contributed by atoms with van der Waals surface area (Å²) in [5.74, 6) is -2.17. The molecule has 0 radical (unpaired) electrons. The highest BCUT2D eigenvalue weighted by Crippen LogP contribution is 2.27. The predicted molar refractivity (Wildman–Crippen MR) is 85.3 cm³/mol. The van der Waals surface area contributed by atoms with Crippen LogP contribution < -0.4 is 9.64 Å². The fraction of sp³-hybridized carbons (Fsp3) is 0.222. The molecular formula is C18H16FNO4. The van der Waals surface area contributed by atoms with E-state index in [4.69, 9.17) is 9.84 Å². The number of hydrogen-bond acceptors (Lipinski definition) is 3. The number of carboxylic acid groups (broad SMARTS) is 1. The van der Waals surface area contributed by atoms with E-state index in [1.165, 1.54) is 17.0 Å². The summed E-state index contributed by atoms with van der Waals surface area (Å²) in [6.07, 6.45) is 0.311. The third-order valence-corrected chi connectivity index (χ3v) is 3.95. The van der Waals surface area contributed by atoms with Crippen molar-refractivity contribution in [3.05, 3.63) is 59.9 Å². The SMILES string of the molecule is O=C(O)C1CCN(c2ccc(OCc3cccc(F)c3)cc2)C1=O. The second-order valence-corrected chi connectivity index (χ2v) is 5.58. The minimum absolute atomic E-state index is 0.237. The number of nitrogens with zero attached hydrogens (tertiary/aromatic N) is 1. The minimum atomic E-state index is -1.09. The molecular weight excluding hydrogens is 313 g/mol. The molecule has 124 valence electrons. The molecule has 6 heteroatoms. The molecule has 0 aromatic heterocycles. The van der Waals surface area contributed by atoms with E-state index >= 15 is 0 Å². The van der Waals surface area contributed by atoms with Gasteiger partial charge in [-0.25, -0.2) is 4.39 Å². The summed E-state index contributed by atoms with van der Waals surface area (Å²) in [7, 11) is 0. The Hall–Kier alpha value is -2.89. The third kappa shape index (κ3) is 3.37. The van der Waals surface area contributed by atoms with Crippen molar-refractivity contribution in [1.29, 1.82) is 0 Å². The Labute approximate surface area is 138 Å². The Kier molecular flexibility index (Phi) is 4.46. The molecule has 24 heavy (non-hydrogen) atoms. The lowest BCUT2D eigenvalue weighted by atomic mass is 10.1. The molecule has 2 aromatic rings. The van der Waals surface area contributed by atoms with E-state index in [9.17, 15) is 14.0 Å². The lowest BCUT2D eigenvalue weighted by Gasteiger charge is -2.16. The van der Waals surface area contributed by atoms with E-state index in [-0.39, 0.29) is 12.4 Å². The van der Waals surface area contributed by atoms with Crippen molar-refractivity contribution in [2.75, 3.05) is 11.4 Å². The van der Waals surface area contributed by atoms with Gasteiger partial charge in [0.1, 0.15) is 24.1 Å². The van der Waals surface area contributed by atoms with E-state index in [1.54, 1.807) is 36.4 Å². The summed E-state index contributed by atoms with van der Waals surface area (Å²) in [4.78, 5) is 24.5. The number of ether oxygens (including phenoxy) is 1. The van der Waals surface area contributed by atoms with Gasteiger partial charge < -0.3 is 14.7 Å². The molecule has 0 saturated carbocycles. The normalized spacial score (nSPS) is 17.1. The van der Waals surface area contributed by atoms with Gasteiger partial charge in [0, 0.05) is 12.2 Å². The maximum absolute atomic E-state index is 13.1. The molecule has 5 nitrogen and oxygen atoms in total. The van der Waals surface area contributed by atoms with Crippen LogP contribution in [0.2, 0.25) is 0 Å². The number of hydrogen-bond donors (Lipinski definition) is 1. The van der Waals surface area contributed by atoms with Crippen molar-refractivity contribution in [3.8, 4) is 5.75 Å². The number of aliphatic carboxylic acids is 1. The molecule has 1 unspecified atom stereocenters. The van der Waals surface area contributed by atoms with Gasteiger partial charge in [0.05, 0.1) is 0 Å². The fourth-order valence-corrected chi connectivity index (χ4v) is 2.68. The highest BCUT2D eigenvalue weighted by Gasteiger charge is 2.37. The number of carbonyl (C=O) groups excluding carboxylic acids is 1. The third-order valence-electron chi connectivity index (χ3n) is 3.95. The molecule has 1 fully saturated rings. The van der Waals surface area contributed by atoms with Crippen LogP contribution in [0.1, 0.15) is 12.0 Å².